The molecule has 2 saturated carbocycles. The number of fused-ring (bicyclic) bond motifs is 1. The molecule has 1 unspecified atom stereocenters. The molecule has 270 valence electrons. The Bertz CT molecular complexity index is 1280. The fourth-order valence-electron chi connectivity index (χ4n) is 6.85. The van der Waals surface area contributed by atoms with Gasteiger partial charge in [0, 0.05) is 13.1 Å². The van der Waals surface area contributed by atoms with Gasteiger partial charge in [-0.3, -0.25) is 19.2 Å². The van der Waals surface area contributed by atoms with Crippen LogP contribution >= 0.6 is 0 Å². The highest BCUT2D eigenvalue weighted by Crippen LogP contribution is 2.57. The van der Waals surface area contributed by atoms with Crippen molar-refractivity contribution in [1.82, 2.24) is 26.2 Å². The normalized spacial score (nSPS) is 23.7. The standard InChI is InChI=1S/C36H59N5O7/c1-13-16-37-29(44)25(42)23(17-20-14-15-20)38-28(43)24-21-18-36(11,12)22(21)19-41(24)30(45)26(33(2,3)4)39-32(47)40-27(34(5,6)7)31(46)48-35(8,9)10/h13,20-24,26-27H,1,14-19H2,2-12H3,(H,37,44)(H,38,43)(H2,39,40,47)/t21-,22-,23?,24-,26+,27+/m0/s1. The van der Waals surface area contributed by atoms with Crippen LogP contribution in [0.25, 0.3) is 0 Å². The Labute approximate surface area is 286 Å². The summed E-state index contributed by atoms with van der Waals surface area (Å²) in [6.07, 6.45) is 4.38. The average molecular weight is 674 g/mol. The van der Waals surface area contributed by atoms with Gasteiger partial charge in [-0.15, -0.1) is 6.58 Å². The lowest BCUT2D eigenvalue weighted by Crippen LogP contribution is -2.62. The molecule has 48 heavy (non-hydrogen) atoms. The van der Waals surface area contributed by atoms with Gasteiger partial charge in [0.05, 0.1) is 6.04 Å². The van der Waals surface area contributed by atoms with Gasteiger partial charge in [-0.1, -0.05) is 74.3 Å². The number of Topliss-reactive ketones (excluding diaryl/α,β-unsaturated/α-hetero) is 1. The quantitative estimate of drug-likeness (QED) is 0.140. The molecule has 0 radical (unpaired) electrons. The van der Waals surface area contributed by atoms with Crippen LogP contribution in [0.3, 0.4) is 0 Å². The third kappa shape index (κ3) is 9.59. The van der Waals surface area contributed by atoms with E-state index in [1.54, 1.807) is 25.7 Å². The van der Waals surface area contributed by atoms with Crippen LogP contribution in [0.5, 0.6) is 0 Å². The summed E-state index contributed by atoms with van der Waals surface area (Å²) < 4.78 is 5.57. The van der Waals surface area contributed by atoms with Gasteiger partial charge in [-0.05, 0) is 67.6 Å². The van der Waals surface area contributed by atoms with Crippen LogP contribution in [0.2, 0.25) is 0 Å². The molecule has 12 heteroatoms. The van der Waals surface area contributed by atoms with E-state index in [4.69, 9.17) is 4.74 Å². The highest BCUT2D eigenvalue weighted by Gasteiger charge is 2.61. The van der Waals surface area contributed by atoms with Gasteiger partial charge in [0.15, 0.2) is 0 Å². The number of likely N-dealkylation sites (tertiary alicyclic amines) is 1. The highest BCUT2D eigenvalue weighted by molar-refractivity contribution is 6.38. The molecule has 0 bridgehead atoms. The fourth-order valence-corrected chi connectivity index (χ4v) is 6.85. The number of hydrogen-bond acceptors (Lipinski definition) is 7. The van der Waals surface area contributed by atoms with E-state index in [2.05, 4.69) is 41.7 Å². The number of hydrogen-bond donors (Lipinski definition) is 4. The van der Waals surface area contributed by atoms with Crippen molar-refractivity contribution in [2.24, 2.45) is 34.0 Å². The molecule has 1 saturated heterocycles. The molecular formula is C36H59N5O7. The van der Waals surface area contributed by atoms with Gasteiger partial charge in [-0.25, -0.2) is 9.59 Å². The van der Waals surface area contributed by atoms with Crippen LogP contribution in [0, 0.1) is 34.0 Å². The number of carbonyl (C=O) groups excluding carboxylic acids is 6. The van der Waals surface area contributed by atoms with Crippen molar-refractivity contribution in [2.75, 3.05) is 13.1 Å². The van der Waals surface area contributed by atoms with Gasteiger partial charge in [0.25, 0.3) is 5.91 Å². The number of rotatable bonds is 12. The molecule has 0 spiro atoms. The Morgan fingerprint density at radius 1 is 0.896 bits per heavy atom. The molecule has 3 rings (SSSR count). The zero-order chi connectivity index (χ0) is 36.6. The molecule has 0 aromatic rings. The van der Waals surface area contributed by atoms with Gasteiger partial charge in [-0.2, -0.15) is 0 Å². The van der Waals surface area contributed by atoms with E-state index in [9.17, 15) is 28.8 Å². The Morgan fingerprint density at radius 2 is 1.46 bits per heavy atom. The number of carbonyl (C=O) groups is 6. The van der Waals surface area contributed by atoms with Crippen molar-refractivity contribution in [3.05, 3.63) is 12.7 Å². The average Bonchev–Trinajstić information content (AvgIpc) is 3.68. The van der Waals surface area contributed by atoms with Crippen molar-refractivity contribution >= 4 is 35.5 Å². The first-order valence-corrected chi connectivity index (χ1v) is 17.2. The summed E-state index contributed by atoms with van der Waals surface area (Å²) in [6, 6.07) is -4.65. The minimum absolute atomic E-state index is 0.0394. The Morgan fingerprint density at radius 3 is 1.94 bits per heavy atom. The number of ether oxygens (including phenoxy) is 1. The number of urea groups is 1. The van der Waals surface area contributed by atoms with E-state index in [1.165, 1.54) is 6.08 Å². The molecule has 2 aliphatic carbocycles. The molecule has 0 aromatic carbocycles. The maximum atomic E-state index is 14.5. The van der Waals surface area contributed by atoms with Crippen LogP contribution in [-0.4, -0.2) is 83.3 Å². The van der Waals surface area contributed by atoms with Gasteiger partial charge in [0.2, 0.25) is 17.6 Å². The molecule has 4 N–H and O–H groups in total. The first-order chi connectivity index (χ1) is 21.9. The van der Waals surface area contributed by atoms with E-state index in [0.717, 1.165) is 12.8 Å². The molecule has 0 aromatic heterocycles. The third-order valence-electron chi connectivity index (χ3n) is 9.67. The number of ketones is 1. The summed E-state index contributed by atoms with van der Waals surface area (Å²) in [4.78, 5) is 82.5. The molecule has 12 nitrogen and oxygen atoms in total. The van der Waals surface area contributed by atoms with E-state index in [0.29, 0.717) is 19.4 Å². The van der Waals surface area contributed by atoms with Crippen molar-refractivity contribution < 1.29 is 33.5 Å². The second-order valence-corrected chi connectivity index (χ2v) is 17.8. The topological polar surface area (TPSA) is 163 Å². The number of nitrogens with one attached hydrogen (secondary N) is 4. The third-order valence-corrected chi connectivity index (χ3v) is 9.67. The minimum atomic E-state index is -1.05. The van der Waals surface area contributed by atoms with E-state index in [1.807, 2.05) is 41.5 Å². The van der Waals surface area contributed by atoms with Crippen LogP contribution in [0.1, 0.15) is 102 Å². The Balaban J connectivity index is 1.87. The van der Waals surface area contributed by atoms with Crippen molar-refractivity contribution in [3.8, 4) is 0 Å². The molecule has 5 amide bonds. The van der Waals surface area contributed by atoms with Crippen LogP contribution in [0.15, 0.2) is 12.7 Å². The molecule has 3 fully saturated rings. The summed E-state index contributed by atoms with van der Waals surface area (Å²) in [5, 5.41) is 10.9. The van der Waals surface area contributed by atoms with Gasteiger partial charge < -0.3 is 30.9 Å². The van der Waals surface area contributed by atoms with Crippen molar-refractivity contribution in [2.45, 2.75) is 132 Å². The lowest BCUT2D eigenvalue weighted by molar-refractivity contribution is -0.160. The molecule has 6 atom stereocenters. The van der Waals surface area contributed by atoms with Gasteiger partial charge >= 0.3 is 12.0 Å². The minimum Gasteiger partial charge on any atom is -0.458 e. The van der Waals surface area contributed by atoms with Crippen LogP contribution in [0.4, 0.5) is 4.79 Å². The zero-order valence-corrected chi connectivity index (χ0v) is 30.9. The molecule has 3 aliphatic rings. The summed E-state index contributed by atoms with van der Waals surface area (Å²) in [6.45, 7) is 24.4. The Hall–Kier alpha value is -3.44. The smallest absolute Gasteiger partial charge is 0.329 e. The van der Waals surface area contributed by atoms with Crippen LogP contribution in [-0.2, 0) is 28.7 Å². The summed E-state index contributed by atoms with van der Waals surface area (Å²) in [5.41, 5.74) is -2.34. The molecular weight excluding hydrogens is 614 g/mol. The monoisotopic (exact) mass is 673 g/mol. The number of nitrogens with zero attached hydrogens (tertiary/aromatic N) is 1. The SMILES string of the molecule is C=CCNC(=O)C(=O)C(CC1CC1)NC(=O)[C@@H]1[C@H]2CC(C)(C)[C@H]2CN1C(=O)[C@@H](NC(=O)N[C@H](C(=O)OC(C)(C)C)C(C)(C)C)C(C)(C)C. The predicted octanol–water partition coefficient (Wildman–Crippen LogP) is 3.49. The zero-order valence-electron chi connectivity index (χ0n) is 30.9. The molecule has 1 heterocycles. The maximum absolute atomic E-state index is 14.5. The first kappa shape index (κ1) is 39.0. The summed E-state index contributed by atoms with van der Waals surface area (Å²) >= 11 is 0. The summed E-state index contributed by atoms with van der Waals surface area (Å²) in [7, 11) is 0. The van der Waals surface area contributed by atoms with E-state index >= 15 is 0 Å². The molecule has 1 aliphatic heterocycles. The maximum Gasteiger partial charge on any atom is 0.329 e. The lowest BCUT2D eigenvalue weighted by atomic mass is 9.55. The second kappa shape index (κ2) is 14.2. The predicted molar refractivity (Wildman–Crippen MR) is 182 cm³/mol. The van der Waals surface area contributed by atoms with E-state index < -0.39 is 76.1 Å². The fraction of sp³-hybridized carbons (Fsp3) is 0.778. The van der Waals surface area contributed by atoms with Gasteiger partial charge in [0.1, 0.15) is 23.7 Å². The van der Waals surface area contributed by atoms with Crippen molar-refractivity contribution in [1.29, 1.82) is 0 Å². The highest BCUT2D eigenvalue weighted by atomic mass is 16.6. The largest absolute Gasteiger partial charge is 0.458 e. The number of amides is 5. The van der Waals surface area contributed by atoms with E-state index in [-0.39, 0.29) is 29.7 Å². The summed E-state index contributed by atoms with van der Waals surface area (Å²) in [5.74, 6) is -2.85. The Kier molecular flexibility index (Phi) is 11.5. The first-order valence-electron chi connectivity index (χ1n) is 17.2. The second-order valence-electron chi connectivity index (χ2n) is 17.8. The van der Waals surface area contributed by atoms with Crippen molar-refractivity contribution in [3.63, 3.8) is 0 Å². The van der Waals surface area contributed by atoms with Crippen LogP contribution < -0.4 is 21.3 Å². The number of esters is 1. The lowest BCUT2D eigenvalue weighted by Gasteiger charge is -2.48.